The first-order chi connectivity index (χ1) is 9.63. The average Bonchev–Trinajstić information content (AvgIpc) is 2.49. The molecule has 0 radical (unpaired) electrons. The van der Waals surface area contributed by atoms with Gasteiger partial charge in [0.15, 0.2) is 0 Å². The Morgan fingerprint density at radius 3 is 2.80 bits per heavy atom. The zero-order valence-corrected chi connectivity index (χ0v) is 11.7. The van der Waals surface area contributed by atoms with Crippen LogP contribution in [0.25, 0.3) is 0 Å². The third kappa shape index (κ3) is 3.12. The Bertz CT molecular complexity index is 573. The van der Waals surface area contributed by atoms with Crippen LogP contribution in [0, 0.1) is 6.92 Å². The number of aliphatic hydroxyl groups is 1. The van der Waals surface area contributed by atoms with Crippen molar-refractivity contribution in [3.05, 3.63) is 53.1 Å². The molecule has 3 N–H and O–H groups in total. The number of hydrogen-bond donors (Lipinski definition) is 3. The number of aryl methyl sites for hydroxylation is 1. The number of nitrogens with one attached hydrogen (secondary N) is 1. The molecule has 1 atom stereocenters. The molecule has 106 valence electrons. The van der Waals surface area contributed by atoms with Crippen LogP contribution < -0.4 is 5.32 Å². The van der Waals surface area contributed by atoms with Gasteiger partial charge in [-0.3, -0.25) is 9.97 Å². The summed E-state index contributed by atoms with van der Waals surface area (Å²) in [6.45, 7) is 4.09. The highest BCUT2D eigenvalue weighted by molar-refractivity contribution is 5.40. The predicted octanol–water partition coefficient (Wildman–Crippen LogP) is 1.83. The van der Waals surface area contributed by atoms with Gasteiger partial charge < -0.3 is 15.5 Å². The van der Waals surface area contributed by atoms with E-state index in [1.165, 1.54) is 0 Å². The lowest BCUT2D eigenvalue weighted by atomic mass is 10.1. The Labute approximate surface area is 118 Å². The summed E-state index contributed by atoms with van der Waals surface area (Å²) in [5.41, 5.74) is 2.96. The lowest BCUT2D eigenvalue weighted by Gasteiger charge is -2.16. The van der Waals surface area contributed by atoms with E-state index in [0.717, 1.165) is 5.56 Å². The fourth-order valence-electron chi connectivity index (χ4n) is 2.02. The molecule has 0 fully saturated rings. The Kier molecular flexibility index (Phi) is 4.65. The molecule has 0 saturated carbocycles. The summed E-state index contributed by atoms with van der Waals surface area (Å²) < 4.78 is 0. The van der Waals surface area contributed by atoms with Crippen molar-refractivity contribution in [2.24, 2.45) is 0 Å². The summed E-state index contributed by atoms with van der Waals surface area (Å²) in [7, 11) is 0. The summed E-state index contributed by atoms with van der Waals surface area (Å²) in [4.78, 5) is 8.13. The number of rotatable bonds is 5. The summed E-state index contributed by atoms with van der Waals surface area (Å²) in [5, 5.41) is 22.7. The van der Waals surface area contributed by atoms with Crippen molar-refractivity contribution in [2.45, 2.75) is 33.0 Å². The van der Waals surface area contributed by atoms with Gasteiger partial charge in [-0.15, -0.1) is 0 Å². The van der Waals surface area contributed by atoms with Gasteiger partial charge in [-0.2, -0.15) is 0 Å². The van der Waals surface area contributed by atoms with E-state index in [4.69, 9.17) is 0 Å². The maximum Gasteiger partial charge on any atom is 0.141 e. The Morgan fingerprint density at radius 1 is 1.35 bits per heavy atom. The number of nitrogens with zero attached hydrogens (tertiary/aromatic N) is 2. The largest absolute Gasteiger partial charge is 0.506 e. The van der Waals surface area contributed by atoms with Crippen molar-refractivity contribution in [3.63, 3.8) is 0 Å². The molecule has 0 aromatic carbocycles. The summed E-state index contributed by atoms with van der Waals surface area (Å²) in [6, 6.07) is 3.99. The third-order valence-corrected chi connectivity index (χ3v) is 3.37. The monoisotopic (exact) mass is 273 g/mol. The van der Waals surface area contributed by atoms with Crippen LogP contribution in [-0.4, -0.2) is 20.2 Å². The van der Waals surface area contributed by atoms with Crippen LogP contribution in [-0.2, 0) is 13.2 Å². The SMILES string of the molecule is Cc1ncc(CO)c(CNC(C)c2cccnc2)c1O. The minimum Gasteiger partial charge on any atom is -0.506 e. The highest BCUT2D eigenvalue weighted by Crippen LogP contribution is 2.24. The predicted molar refractivity (Wildman–Crippen MR) is 76.1 cm³/mol. The van der Waals surface area contributed by atoms with E-state index in [-0.39, 0.29) is 18.4 Å². The lowest BCUT2D eigenvalue weighted by Crippen LogP contribution is -2.19. The van der Waals surface area contributed by atoms with Gasteiger partial charge in [-0.1, -0.05) is 6.07 Å². The molecule has 5 heteroatoms. The first-order valence-electron chi connectivity index (χ1n) is 6.54. The molecule has 2 heterocycles. The molecule has 2 rings (SSSR count). The fourth-order valence-corrected chi connectivity index (χ4v) is 2.02. The van der Waals surface area contributed by atoms with E-state index >= 15 is 0 Å². The van der Waals surface area contributed by atoms with Crippen LogP contribution in [0.1, 0.15) is 35.3 Å². The second-order valence-corrected chi connectivity index (χ2v) is 4.74. The average molecular weight is 273 g/mol. The van der Waals surface area contributed by atoms with Crippen molar-refractivity contribution >= 4 is 0 Å². The van der Waals surface area contributed by atoms with Gasteiger partial charge in [0.05, 0.1) is 12.3 Å². The maximum absolute atomic E-state index is 10.1. The van der Waals surface area contributed by atoms with E-state index in [0.29, 0.717) is 23.4 Å². The van der Waals surface area contributed by atoms with E-state index < -0.39 is 0 Å². The molecule has 0 aliphatic heterocycles. The second-order valence-electron chi connectivity index (χ2n) is 4.74. The smallest absolute Gasteiger partial charge is 0.141 e. The molecule has 0 aliphatic rings. The lowest BCUT2D eigenvalue weighted by molar-refractivity contribution is 0.278. The molecule has 0 spiro atoms. The quantitative estimate of drug-likeness (QED) is 0.774. The van der Waals surface area contributed by atoms with Crippen molar-refractivity contribution in [1.82, 2.24) is 15.3 Å². The molecular formula is C15H19N3O2. The highest BCUT2D eigenvalue weighted by atomic mass is 16.3. The fraction of sp³-hybridized carbons (Fsp3) is 0.333. The zero-order valence-electron chi connectivity index (χ0n) is 11.7. The Morgan fingerprint density at radius 2 is 2.15 bits per heavy atom. The molecule has 1 unspecified atom stereocenters. The normalized spacial score (nSPS) is 12.3. The third-order valence-electron chi connectivity index (χ3n) is 3.37. The van der Waals surface area contributed by atoms with E-state index in [2.05, 4.69) is 15.3 Å². The summed E-state index contributed by atoms with van der Waals surface area (Å²) in [5.74, 6) is 0.141. The van der Waals surface area contributed by atoms with Crippen molar-refractivity contribution in [2.75, 3.05) is 0 Å². The molecule has 0 saturated heterocycles. The van der Waals surface area contributed by atoms with Crippen molar-refractivity contribution in [1.29, 1.82) is 0 Å². The van der Waals surface area contributed by atoms with Crippen LogP contribution in [0.4, 0.5) is 0 Å². The molecular weight excluding hydrogens is 254 g/mol. The van der Waals surface area contributed by atoms with Gasteiger partial charge in [-0.05, 0) is 25.5 Å². The first kappa shape index (κ1) is 14.4. The van der Waals surface area contributed by atoms with Crippen molar-refractivity contribution < 1.29 is 10.2 Å². The van der Waals surface area contributed by atoms with Crippen LogP contribution in [0.5, 0.6) is 5.75 Å². The number of aromatic hydroxyl groups is 1. The highest BCUT2D eigenvalue weighted by Gasteiger charge is 2.13. The molecule has 0 aliphatic carbocycles. The summed E-state index contributed by atoms with van der Waals surface area (Å²) in [6.07, 6.45) is 5.14. The van der Waals surface area contributed by atoms with E-state index in [1.807, 2.05) is 25.3 Å². The molecule has 2 aromatic rings. The maximum atomic E-state index is 10.1. The van der Waals surface area contributed by atoms with E-state index in [9.17, 15) is 10.2 Å². The molecule has 5 nitrogen and oxygen atoms in total. The number of hydrogen-bond acceptors (Lipinski definition) is 5. The first-order valence-corrected chi connectivity index (χ1v) is 6.54. The molecule has 20 heavy (non-hydrogen) atoms. The van der Waals surface area contributed by atoms with Crippen LogP contribution in [0.3, 0.4) is 0 Å². The van der Waals surface area contributed by atoms with Crippen LogP contribution >= 0.6 is 0 Å². The molecule has 2 aromatic heterocycles. The Balaban J connectivity index is 2.13. The summed E-state index contributed by atoms with van der Waals surface area (Å²) >= 11 is 0. The minimum absolute atomic E-state index is 0.100. The van der Waals surface area contributed by atoms with Gasteiger partial charge in [0.1, 0.15) is 5.75 Å². The van der Waals surface area contributed by atoms with Crippen LogP contribution in [0.15, 0.2) is 30.7 Å². The minimum atomic E-state index is -0.140. The van der Waals surface area contributed by atoms with Crippen molar-refractivity contribution in [3.8, 4) is 5.75 Å². The molecule has 0 amide bonds. The van der Waals surface area contributed by atoms with E-state index in [1.54, 1.807) is 19.3 Å². The van der Waals surface area contributed by atoms with Gasteiger partial charge in [-0.25, -0.2) is 0 Å². The molecule has 0 bridgehead atoms. The number of aliphatic hydroxyl groups excluding tert-OH is 1. The second kappa shape index (κ2) is 6.45. The van der Waals surface area contributed by atoms with Gasteiger partial charge in [0.25, 0.3) is 0 Å². The Hall–Kier alpha value is -1.98. The standard InChI is InChI=1S/C15H19N3O2/c1-10(12-4-3-5-16-6-12)18-8-14-13(9-19)7-17-11(2)15(14)20/h3-7,10,18-20H,8-9H2,1-2H3. The van der Waals surface area contributed by atoms with Gasteiger partial charge in [0, 0.05) is 42.3 Å². The van der Waals surface area contributed by atoms with Crippen LogP contribution in [0.2, 0.25) is 0 Å². The topological polar surface area (TPSA) is 78.3 Å². The van der Waals surface area contributed by atoms with Gasteiger partial charge >= 0.3 is 0 Å². The number of aromatic nitrogens is 2. The van der Waals surface area contributed by atoms with Gasteiger partial charge in [0.2, 0.25) is 0 Å². The zero-order chi connectivity index (χ0) is 14.5. The number of pyridine rings is 2.